The van der Waals surface area contributed by atoms with E-state index in [4.69, 9.17) is 9.47 Å². The third-order valence-corrected chi connectivity index (χ3v) is 10.5. The van der Waals surface area contributed by atoms with Gasteiger partial charge in [-0.1, -0.05) is 62.3 Å². The van der Waals surface area contributed by atoms with Crippen molar-refractivity contribution in [3.63, 3.8) is 0 Å². The van der Waals surface area contributed by atoms with Crippen LogP contribution in [0.5, 0.6) is 5.75 Å². The number of hydrogen-bond donors (Lipinski definition) is 8. The number of aliphatic imine (C=N–C) groups is 2. The number of ether oxygens (including phenoxy) is 2. The summed E-state index contributed by atoms with van der Waals surface area (Å²) in [5, 5.41) is 43.8. The third-order valence-electron chi connectivity index (χ3n) is 9.64. The molecule has 0 fully saturated rings. The number of nitrogens with one attached hydrogen (secondary N) is 5. The number of guanidine groups is 2. The lowest BCUT2D eigenvalue weighted by molar-refractivity contribution is -0.130. The van der Waals surface area contributed by atoms with Crippen molar-refractivity contribution in [3.8, 4) is 5.75 Å². The van der Waals surface area contributed by atoms with Gasteiger partial charge in [-0.15, -0.1) is 9.98 Å². The number of carbonyl (C=O) groups excluding carboxylic acids is 4. The quantitative estimate of drug-likeness (QED) is 0.0534. The first-order valence-corrected chi connectivity index (χ1v) is 23.8. The molecule has 6 amide bonds. The number of amides is 6. The molecule has 0 aliphatic heterocycles. The third kappa shape index (κ3) is 21.7. The maximum Gasteiger partial charge on any atom is 0.437 e. The molecule has 2 aromatic carbocycles. The molecule has 0 heterocycles. The molecule has 378 valence electrons. The molecule has 1 unspecified atom stereocenters. The van der Waals surface area contributed by atoms with Gasteiger partial charge in [-0.25, -0.2) is 24.1 Å². The summed E-state index contributed by atoms with van der Waals surface area (Å²) < 4.78 is 23.6. The zero-order valence-corrected chi connectivity index (χ0v) is 42.6. The average molecular weight is 973 g/mol. The Kier molecular flexibility index (Phi) is 21.2. The second-order valence-electron chi connectivity index (χ2n) is 20.3. The van der Waals surface area contributed by atoms with Crippen molar-refractivity contribution in [2.45, 2.75) is 151 Å². The Morgan fingerprint density at radius 1 is 0.794 bits per heavy atom. The molecule has 21 heteroatoms. The van der Waals surface area contributed by atoms with Crippen LogP contribution < -0.4 is 26.6 Å². The Morgan fingerprint density at radius 2 is 1.38 bits per heavy atom. The van der Waals surface area contributed by atoms with Crippen LogP contribution in [0.15, 0.2) is 52.4 Å². The highest BCUT2D eigenvalue weighted by Crippen LogP contribution is 2.30. The van der Waals surface area contributed by atoms with Crippen LogP contribution in [0, 0.1) is 19.3 Å². The second kappa shape index (κ2) is 24.8. The fourth-order valence-corrected chi connectivity index (χ4v) is 7.96. The van der Waals surface area contributed by atoms with Crippen molar-refractivity contribution in [2.75, 3.05) is 18.6 Å². The predicted molar refractivity (Wildman–Crippen MR) is 260 cm³/mol. The van der Waals surface area contributed by atoms with Crippen LogP contribution in [0.3, 0.4) is 0 Å². The van der Waals surface area contributed by atoms with Gasteiger partial charge in [0.15, 0.2) is 0 Å². The number of carbonyl (C=O) groups is 6. The number of aryl methyl sites for hydroxylation is 2. The highest BCUT2D eigenvalue weighted by molar-refractivity contribution is 7.90. The van der Waals surface area contributed by atoms with Gasteiger partial charge in [-0.05, 0) is 122 Å². The molecule has 0 saturated heterocycles. The topological polar surface area (TPSA) is 293 Å². The van der Waals surface area contributed by atoms with Crippen LogP contribution in [-0.4, -0.2) is 126 Å². The number of aromatic hydroxyl groups is 1. The fourth-order valence-electron chi connectivity index (χ4n) is 7.39. The predicted octanol–water partition coefficient (Wildman–Crippen LogP) is 6.12. The van der Waals surface area contributed by atoms with E-state index in [9.17, 15) is 48.6 Å². The Morgan fingerprint density at radius 3 is 1.88 bits per heavy atom. The lowest BCUT2D eigenvalue weighted by Crippen LogP contribution is -2.59. The molecule has 0 aliphatic carbocycles. The van der Waals surface area contributed by atoms with Gasteiger partial charge in [0.25, 0.3) is 0 Å². The number of nitrogens with zero attached hydrogens (tertiary/aromatic N) is 3. The molecule has 0 aromatic heterocycles. The minimum atomic E-state index is -1.67. The number of alkyl carbamates (subject to hydrolysis) is 1. The SMILES string of the molecule is Cc1cc(O)cc(C)c1C[C@H](NC(=NC(=O)OC(C)(C)CC(C)(C)C)NC(=O)OC(C)(C)C)C(=O)N[C@H](CC[S+](C)[O-])C(=O)NC[C@H](Cc1ccccc1)NC(=NC(=O)O)N(C(=O)O)C(C)(C)C. The summed E-state index contributed by atoms with van der Waals surface area (Å²) in [6, 6.07) is 8.27. The summed E-state index contributed by atoms with van der Waals surface area (Å²) in [6.07, 6.45) is -3.52. The summed E-state index contributed by atoms with van der Waals surface area (Å²) in [5.41, 5.74) is -0.868. The van der Waals surface area contributed by atoms with Gasteiger partial charge in [0.05, 0.1) is 12.3 Å². The molecule has 0 radical (unpaired) electrons. The number of phenolic OH excluding ortho intramolecular Hbond substituents is 1. The normalized spacial score (nSPS) is 14.3. The molecule has 8 N–H and O–H groups in total. The number of benzene rings is 2. The first-order chi connectivity index (χ1) is 31.1. The Labute approximate surface area is 402 Å². The number of phenols is 1. The monoisotopic (exact) mass is 972 g/mol. The lowest BCUT2D eigenvalue weighted by atomic mass is 9.84. The zero-order chi connectivity index (χ0) is 51.9. The van der Waals surface area contributed by atoms with Crippen LogP contribution in [0.4, 0.5) is 19.2 Å². The van der Waals surface area contributed by atoms with Crippen molar-refractivity contribution in [1.82, 2.24) is 31.5 Å². The molecular weight excluding hydrogens is 901 g/mol. The van der Waals surface area contributed by atoms with Crippen LogP contribution in [-0.2, 0) is 43.1 Å². The van der Waals surface area contributed by atoms with Gasteiger partial charge in [0.1, 0.15) is 34.8 Å². The number of hydrogen-bond acceptors (Lipinski definition) is 10. The first-order valence-electron chi connectivity index (χ1n) is 22.1. The van der Waals surface area contributed by atoms with E-state index in [0.717, 1.165) is 10.5 Å². The van der Waals surface area contributed by atoms with Gasteiger partial charge >= 0.3 is 24.4 Å². The summed E-state index contributed by atoms with van der Waals surface area (Å²) >= 11 is -1.43. The van der Waals surface area contributed by atoms with Crippen molar-refractivity contribution in [2.24, 2.45) is 15.4 Å². The summed E-state index contributed by atoms with van der Waals surface area (Å²) in [5.74, 6) is -2.64. The highest BCUT2D eigenvalue weighted by atomic mass is 32.2. The van der Waals surface area contributed by atoms with Crippen LogP contribution >= 0.6 is 0 Å². The van der Waals surface area contributed by atoms with E-state index in [1.165, 1.54) is 18.4 Å². The van der Waals surface area contributed by atoms with Gasteiger partial charge < -0.3 is 50.6 Å². The molecule has 68 heavy (non-hydrogen) atoms. The molecule has 2 rings (SSSR count). The van der Waals surface area contributed by atoms with E-state index < -0.39 is 94.1 Å². The van der Waals surface area contributed by atoms with Crippen molar-refractivity contribution in [3.05, 3.63) is 64.7 Å². The van der Waals surface area contributed by atoms with Crippen LogP contribution in [0.1, 0.15) is 111 Å². The van der Waals surface area contributed by atoms with Crippen molar-refractivity contribution in [1.29, 1.82) is 0 Å². The Bertz CT molecular complexity index is 2120. The Hall–Kier alpha value is -6.09. The van der Waals surface area contributed by atoms with E-state index in [1.807, 2.05) is 20.8 Å². The fraction of sp³-hybridized carbons (Fsp3) is 0.574. The number of rotatable bonds is 16. The van der Waals surface area contributed by atoms with E-state index in [1.54, 1.807) is 99.6 Å². The first kappa shape index (κ1) is 58.0. The minimum Gasteiger partial charge on any atom is -0.617 e. The van der Waals surface area contributed by atoms with E-state index in [-0.39, 0.29) is 42.7 Å². The van der Waals surface area contributed by atoms with Crippen LogP contribution in [0.25, 0.3) is 0 Å². The standard InChI is InChI=1S/C47H72N8O12S/c1-28-22-32(56)23-29(2)33(28)25-35(51-38(52-41(61)66-46(9,10)11)53-42(62)67-47(12,13)27-44(3,4)5)37(58)50-34(20-21-68(14)65)36(57)48-26-31(24-30-18-16-15-17-19-30)49-39(54-40(59)60)55(43(63)64)45(6,7)8/h15-19,22-23,31,34-35,56H,20-21,24-27H2,1-14H3,(H,48,57)(H,49,54)(H,50,58)(H,59,60)(H,63,64)(H2,51,52,53,61,62)/t31-,34+,35-,68?/m0/s1. The smallest absolute Gasteiger partial charge is 0.437 e. The highest BCUT2D eigenvalue weighted by Gasteiger charge is 2.35. The van der Waals surface area contributed by atoms with E-state index in [0.29, 0.717) is 23.1 Å². The largest absolute Gasteiger partial charge is 0.617 e. The molecular formula is C47H72N8O12S. The Balaban J connectivity index is 2.67. The van der Waals surface area contributed by atoms with Crippen LogP contribution in [0.2, 0.25) is 0 Å². The summed E-state index contributed by atoms with van der Waals surface area (Å²) in [7, 11) is 0. The van der Waals surface area contributed by atoms with E-state index >= 15 is 0 Å². The maximum atomic E-state index is 14.6. The molecule has 4 atom stereocenters. The summed E-state index contributed by atoms with van der Waals surface area (Å²) in [6.45, 7) is 22.1. The molecule has 0 bridgehead atoms. The zero-order valence-electron chi connectivity index (χ0n) is 41.8. The van der Waals surface area contributed by atoms with Gasteiger partial charge in [0, 0.05) is 24.9 Å². The lowest BCUT2D eigenvalue weighted by Gasteiger charge is -2.35. The molecule has 0 spiro atoms. The maximum absolute atomic E-state index is 14.6. The van der Waals surface area contributed by atoms with Gasteiger partial charge in [-0.3, -0.25) is 14.9 Å². The van der Waals surface area contributed by atoms with Crippen molar-refractivity contribution >= 4 is 59.3 Å². The minimum absolute atomic E-state index is 0.0213. The molecule has 0 aliphatic rings. The average Bonchev–Trinajstić information content (AvgIpc) is 3.13. The number of carboxylic acid groups (broad SMARTS) is 2. The summed E-state index contributed by atoms with van der Waals surface area (Å²) in [4.78, 5) is 88.2. The van der Waals surface area contributed by atoms with E-state index in [2.05, 4.69) is 36.6 Å². The molecule has 2 aromatic rings. The molecule has 20 nitrogen and oxygen atoms in total. The second-order valence-corrected chi connectivity index (χ2v) is 21.9. The molecule has 0 saturated carbocycles. The van der Waals surface area contributed by atoms with Gasteiger partial charge in [0.2, 0.25) is 23.7 Å². The van der Waals surface area contributed by atoms with Gasteiger partial charge in [-0.2, -0.15) is 0 Å². The van der Waals surface area contributed by atoms with Crippen molar-refractivity contribution < 1.29 is 58.1 Å².